The molecule has 1 saturated heterocycles. The maximum absolute atomic E-state index is 11.9. The Morgan fingerprint density at radius 1 is 1.21 bits per heavy atom. The van der Waals surface area contributed by atoms with Crippen molar-refractivity contribution in [1.82, 2.24) is 25.3 Å². The number of aromatic nitrogens is 4. The molecule has 3 heterocycles. The zero-order chi connectivity index (χ0) is 26.6. The number of carbonyl (C=O) groups excluding carboxylic acids is 1. The van der Waals surface area contributed by atoms with Crippen molar-refractivity contribution in [2.75, 3.05) is 25.6 Å². The molecule has 2 N–H and O–H groups in total. The lowest BCUT2D eigenvalue weighted by Crippen LogP contribution is -2.34. The van der Waals surface area contributed by atoms with Crippen molar-refractivity contribution in [2.45, 2.75) is 45.4 Å². The minimum Gasteiger partial charge on any atom is -0.493 e. The Labute approximate surface area is 224 Å². The molecule has 1 unspecified atom stereocenters. The molecule has 1 atom stereocenters. The predicted molar refractivity (Wildman–Crippen MR) is 142 cm³/mol. The maximum atomic E-state index is 11.9. The van der Waals surface area contributed by atoms with Crippen LogP contribution in [0.2, 0.25) is 5.02 Å². The van der Waals surface area contributed by atoms with E-state index >= 15 is 0 Å². The van der Waals surface area contributed by atoms with Crippen LogP contribution in [0.5, 0.6) is 11.5 Å². The van der Waals surface area contributed by atoms with E-state index in [2.05, 4.69) is 25.9 Å². The van der Waals surface area contributed by atoms with Gasteiger partial charge in [0.25, 0.3) is 5.91 Å². The van der Waals surface area contributed by atoms with Crippen molar-refractivity contribution in [3.8, 4) is 23.0 Å². The summed E-state index contributed by atoms with van der Waals surface area (Å²) in [6.45, 7) is 4.37. The average molecular weight is 541 g/mol. The fourth-order valence-corrected chi connectivity index (χ4v) is 4.52. The van der Waals surface area contributed by atoms with E-state index in [9.17, 15) is 4.79 Å². The molecule has 0 radical (unpaired) electrons. The molecule has 1 aliphatic rings. The summed E-state index contributed by atoms with van der Waals surface area (Å²) in [6, 6.07) is 9.13. The van der Waals surface area contributed by atoms with Gasteiger partial charge in [0.2, 0.25) is 5.89 Å². The molecule has 1 amide bonds. The minimum absolute atomic E-state index is 0.0290. The number of hydrogen-bond acceptors (Lipinski definition) is 9. The third-order valence-corrected chi connectivity index (χ3v) is 6.44. The van der Waals surface area contributed by atoms with E-state index in [-0.39, 0.29) is 36.7 Å². The van der Waals surface area contributed by atoms with Gasteiger partial charge in [0.1, 0.15) is 0 Å². The first-order chi connectivity index (χ1) is 18.4. The van der Waals surface area contributed by atoms with Gasteiger partial charge in [-0.25, -0.2) is 4.68 Å². The highest BCUT2D eigenvalue weighted by Crippen LogP contribution is 2.36. The van der Waals surface area contributed by atoms with E-state index in [0.29, 0.717) is 27.8 Å². The number of nitrogens with one attached hydrogen (secondary N) is 2. The van der Waals surface area contributed by atoms with Crippen LogP contribution < -0.4 is 20.1 Å². The van der Waals surface area contributed by atoms with E-state index in [1.807, 2.05) is 30.7 Å². The lowest BCUT2D eigenvalue weighted by atomic mass is 10.2. The summed E-state index contributed by atoms with van der Waals surface area (Å²) in [5.74, 6) is 0.909. The highest BCUT2D eigenvalue weighted by molar-refractivity contribution is 6.38. The van der Waals surface area contributed by atoms with E-state index in [1.165, 1.54) is 7.11 Å². The van der Waals surface area contributed by atoms with E-state index < -0.39 is 0 Å². The molecule has 2 aromatic heterocycles. The van der Waals surface area contributed by atoms with Crippen LogP contribution in [0.1, 0.15) is 39.3 Å². The topological polar surface area (TPSA) is 126 Å². The molecule has 1 fully saturated rings. The lowest BCUT2D eigenvalue weighted by molar-refractivity contribution is -0.123. The zero-order valence-corrected chi connectivity index (χ0v) is 22.1. The molecule has 2 aromatic carbocycles. The summed E-state index contributed by atoms with van der Waals surface area (Å²) in [5, 5.41) is 19.9. The fraction of sp³-hybridized carbons (Fsp3) is 0.385. The molecule has 4 aromatic rings. The highest BCUT2D eigenvalue weighted by atomic mass is 35.5. The van der Waals surface area contributed by atoms with Gasteiger partial charge < -0.3 is 29.3 Å². The van der Waals surface area contributed by atoms with Crippen LogP contribution in [0, 0.1) is 0 Å². The van der Waals surface area contributed by atoms with Crippen LogP contribution in [-0.4, -0.2) is 52.3 Å². The number of rotatable bonds is 9. The van der Waals surface area contributed by atoms with Crippen molar-refractivity contribution < 1.29 is 23.4 Å². The summed E-state index contributed by atoms with van der Waals surface area (Å²) in [4.78, 5) is 11.9. The van der Waals surface area contributed by atoms with Crippen molar-refractivity contribution in [3.63, 3.8) is 0 Å². The van der Waals surface area contributed by atoms with Gasteiger partial charge in [-0.1, -0.05) is 16.7 Å². The van der Waals surface area contributed by atoms with Gasteiger partial charge in [0.05, 0.1) is 29.5 Å². The number of methoxy groups -OCH3 is 1. The van der Waals surface area contributed by atoms with Crippen molar-refractivity contribution >= 4 is 40.1 Å². The van der Waals surface area contributed by atoms with Gasteiger partial charge in [-0.15, -0.1) is 5.10 Å². The molecule has 5 rings (SSSR count). The number of carbonyl (C=O) groups is 1. The molecule has 1 aliphatic heterocycles. The van der Waals surface area contributed by atoms with E-state index in [0.717, 1.165) is 36.8 Å². The van der Waals surface area contributed by atoms with Crippen LogP contribution in [0.15, 0.2) is 40.9 Å². The molecule has 11 nitrogen and oxygen atoms in total. The molecule has 200 valence electrons. The zero-order valence-electron chi connectivity index (χ0n) is 21.4. The van der Waals surface area contributed by atoms with Crippen LogP contribution in [-0.2, 0) is 9.53 Å². The van der Waals surface area contributed by atoms with Crippen LogP contribution >= 0.6 is 11.6 Å². The summed E-state index contributed by atoms with van der Waals surface area (Å²) in [6.07, 6.45) is 4.75. The third-order valence-electron chi connectivity index (χ3n) is 6.03. The molecule has 0 spiro atoms. The second-order valence-electron chi connectivity index (χ2n) is 9.18. The smallest absolute Gasteiger partial charge is 0.320 e. The normalized spacial score (nSPS) is 15.6. The monoisotopic (exact) mass is 540 g/mol. The number of ether oxygens (including phenoxy) is 3. The molecule has 0 aliphatic carbocycles. The first-order valence-corrected chi connectivity index (χ1v) is 12.8. The van der Waals surface area contributed by atoms with Crippen LogP contribution in [0.4, 0.5) is 11.7 Å². The van der Waals surface area contributed by atoms with Gasteiger partial charge in [0, 0.05) is 23.6 Å². The highest BCUT2D eigenvalue weighted by Gasteiger charge is 2.21. The van der Waals surface area contributed by atoms with Gasteiger partial charge in [-0.3, -0.25) is 4.79 Å². The Balaban J connectivity index is 1.30. The molecule has 38 heavy (non-hydrogen) atoms. The second-order valence-corrected chi connectivity index (χ2v) is 9.56. The Morgan fingerprint density at radius 2 is 2.08 bits per heavy atom. The quantitative estimate of drug-likeness (QED) is 0.298. The summed E-state index contributed by atoms with van der Waals surface area (Å²) in [5.41, 5.74) is 2.13. The lowest BCUT2D eigenvalue weighted by Gasteiger charge is -2.23. The SMILES string of the molecule is COc1cc(-c2nnc(Nc3ccc4c(cnn4C4CCCCO4)c3Cl)o2)ccc1OCC(=O)NC(C)C. The first kappa shape index (κ1) is 25.8. The molecular weight excluding hydrogens is 512 g/mol. The largest absolute Gasteiger partial charge is 0.493 e. The predicted octanol–water partition coefficient (Wildman–Crippen LogP) is 5.09. The second kappa shape index (κ2) is 11.3. The molecule has 0 saturated carbocycles. The van der Waals surface area contributed by atoms with Gasteiger partial charge >= 0.3 is 6.01 Å². The Bertz CT molecular complexity index is 1430. The van der Waals surface area contributed by atoms with Crippen LogP contribution in [0.3, 0.4) is 0 Å². The molecular formula is C26H29ClN6O5. The molecule has 12 heteroatoms. The van der Waals surface area contributed by atoms with E-state index in [4.69, 9.17) is 30.2 Å². The minimum atomic E-state index is -0.217. The Morgan fingerprint density at radius 3 is 2.84 bits per heavy atom. The summed E-state index contributed by atoms with van der Waals surface area (Å²) in [7, 11) is 1.52. The summed E-state index contributed by atoms with van der Waals surface area (Å²) < 4.78 is 24.6. The van der Waals surface area contributed by atoms with Crippen molar-refractivity contribution in [1.29, 1.82) is 0 Å². The number of amides is 1. The third kappa shape index (κ3) is 5.53. The Hall–Kier alpha value is -3.83. The van der Waals surface area contributed by atoms with Crippen LogP contribution in [0.25, 0.3) is 22.4 Å². The fourth-order valence-electron chi connectivity index (χ4n) is 4.26. The molecule has 0 bridgehead atoms. The van der Waals surface area contributed by atoms with Crippen molar-refractivity contribution in [3.05, 3.63) is 41.6 Å². The van der Waals surface area contributed by atoms with Gasteiger partial charge in [0.15, 0.2) is 24.3 Å². The van der Waals surface area contributed by atoms with Crippen molar-refractivity contribution in [2.24, 2.45) is 0 Å². The number of hydrogen-bond donors (Lipinski definition) is 2. The number of benzene rings is 2. The number of fused-ring (bicyclic) bond motifs is 1. The number of anilines is 2. The van der Waals surface area contributed by atoms with Gasteiger partial charge in [-0.05, 0) is 63.4 Å². The van der Waals surface area contributed by atoms with E-state index in [1.54, 1.807) is 24.4 Å². The average Bonchev–Trinajstić information content (AvgIpc) is 3.57. The number of nitrogens with zero attached hydrogens (tertiary/aromatic N) is 4. The standard InChI is InChI=1S/C26H29ClN6O5/c1-15(2)29-22(34)14-37-20-10-7-16(12-21(20)35-3)25-31-32-26(38-25)30-18-8-9-19-17(24(18)27)13-28-33(19)23-6-4-5-11-36-23/h7-10,12-13,15,23H,4-6,11,14H2,1-3H3,(H,29,34)(H,30,32). The number of halogens is 1. The summed E-state index contributed by atoms with van der Waals surface area (Å²) >= 11 is 6.70. The maximum Gasteiger partial charge on any atom is 0.320 e. The Kier molecular flexibility index (Phi) is 7.66. The first-order valence-electron chi connectivity index (χ1n) is 12.4. The van der Waals surface area contributed by atoms with Gasteiger partial charge in [-0.2, -0.15) is 5.10 Å².